The van der Waals surface area contributed by atoms with Crippen molar-refractivity contribution in [3.05, 3.63) is 81.4 Å². The zero-order chi connectivity index (χ0) is 16.0. The second kappa shape index (κ2) is 3.87. The molecule has 0 atom stereocenters. The SMILES string of the molecule is CC1(C)C=C2c3cc4c(cc3C(C)(C)c3cccc1c32)C=CC4. The molecule has 0 amide bonds. The predicted octanol–water partition coefficient (Wildman–Crippen LogP) is 5.62. The number of hydrogen-bond acceptors (Lipinski definition) is 0. The lowest BCUT2D eigenvalue weighted by Crippen LogP contribution is -2.27. The van der Waals surface area contributed by atoms with Crippen LogP contribution in [0, 0.1) is 0 Å². The van der Waals surface area contributed by atoms with E-state index in [1.54, 1.807) is 0 Å². The van der Waals surface area contributed by atoms with Crippen LogP contribution in [0.2, 0.25) is 0 Å². The van der Waals surface area contributed by atoms with Crippen LogP contribution in [0.5, 0.6) is 0 Å². The summed E-state index contributed by atoms with van der Waals surface area (Å²) in [6, 6.07) is 11.8. The summed E-state index contributed by atoms with van der Waals surface area (Å²) >= 11 is 0. The van der Waals surface area contributed by atoms with Gasteiger partial charge in [0.1, 0.15) is 0 Å². The summed E-state index contributed by atoms with van der Waals surface area (Å²) in [5, 5.41) is 0. The summed E-state index contributed by atoms with van der Waals surface area (Å²) in [5.41, 5.74) is 12.0. The van der Waals surface area contributed by atoms with Gasteiger partial charge in [0.2, 0.25) is 0 Å². The van der Waals surface area contributed by atoms with Gasteiger partial charge in [-0.1, -0.05) is 64.1 Å². The quantitative estimate of drug-likeness (QED) is 0.592. The highest BCUT2D eigenvalue weighted by atomic mass is 14.4. The third-order valence-electron chi connectivity index (χ3n) is 6.08. The van der Waals surface area contributed by atoms with Crippen LogP contribution in [0.25, 0.3) is 11.6 Å². The van der Waals surface area contributed by atoms with E-state index in [1.165, 1.54) is 44.5 Å². The van der Waals surface area contributed by atoms with E-state index in [4.69, 9.17) is 0 Å². The van der Waals surface area contributed by atoms with Crippen LogP contribution < -0.4 is 0 Å². The molecule has 0 heterocycles. The molecule has 2 aromatic rings. The van der Waals surface area contributed by atoms with Crippen molar-refractivity contribution in [1.29, 1.82) is 0 Å². The van der Waals surface area contributed by atoms with Gasteiger partial charge in [-0.15, -0.1) is 0 Å². The normalized spacial score (nSPS) is 20.8. The van der Waals surface area contributed by atoms with Crippen LogP contribution in [-0.2, 0) is 17.3 Å². The Kier molecular flexibility index (Phi) is 2.25. The van der Waals surface area contributed by atoms with Gasteiger partial charge in [-0.05, 0) is 63.1 Å². The van der Waals surface area contributed by atoms with Gasteiger partial charge in [0, 0.05) is 10.8 Å². The number of allylic oxidation sites excluding steroid dienone is 2. The fourth-order valence-corrected chi connectivity index (χ4v) is 4.81. The molecule has 0 saturated heterocycles. The van der Waals surface area contributed by atoms with E-state index in [0.717, 1.165) is 6.42 Å². The molecule has 23 heavy (non-hydrogen) atoms. The average molecular weight is 298 g/mol. The molecule has 114 valence electrons. The molecular weight excluding hydrogens is 276 g/mol. The molecule has 0 spiro atoms. The first kappa shape index (κ1) is 13.4. The van der Waals surface area contributed by atoms with Crippen molar-refractivity contribution in [2.24, 2.45) is 0 Å². The minimum atomic E-state index is 0.0594. The first-order valence-electron chi connectivity index (χ1n) is 8.61. The Hall–Kier alpha value is -2.08. The Morgan fingerprint density at radius 2 is 1.70 bits per heavy atom. The van der Waals surface area contributed by atoms with Gasteiger partial charge in [0.15, 0.2) is 0 Å². The summed E-state index contributed by atoms with van der Waals surface area (Å²) in [5.74, 6) is 0. The molecule has 0 aliphatic heterocycles. The van der Waals surface area contributed by atoms with Crippen molar-refractivity contribution < 1.29 is 0 Å². The van der Waals surface area contributed by atoms with E-state index in [9.17, 15) is 0 Å². The smallest absolute Gasteiger partial charge is 0.0159 e. The maximum Gasteiger partial charge on any atom is 0.0159 e. The molecule has 0 nitrogen and oxygen atoms in total. The summed E-state index contributed by atoms with van der Waals surface area (Å²) < 4.78 is 0. The third-order valence-corrected chi connectivity index (χ3v) is 6.08. The number of rotatable bonds is 0. The van der Waals surface area contributed by atoms with Crippen LogP contribution in [0.1, 0.15) is 66.6 Å². The van der Waals surface area contributed by atoms with Crippen LogP contribution in [0.4, 0.5) is 0 Å². The number of fused-ring (bicyclic) bond motifs is 3. The van der Waals surface area contributed by atoms with Gasteiger partial charge in [-0.25, -0.2) is 0 Å². The minimum absolute atomic E-state index is 0.0594. The van der Waals surface area contributed by atoms with E-state index in [2.05, 4.69) is 76.3 Å². The first-order chi connectivity index (χ1) is 10.9. The van der Waals surface area contributed by atoms with Crippen LogP contribution >= 0.6 is 0 Å². The highest BCUT2D eigenvalue weighted by Crippen LogP contribution is 2.54. The Balaban J connectivity index is 1.92. The van der Waals surface area contributed by atoms with E-state index in [0.29, 0.717) is 0 Å². The second-order valence-electron chi connectivity index (χ2n) is 8.34. The fourth-order valence-electron chi connectivity index (χ4n) is 4.81. The third kappa shape index (κ3) is 1.52. The van der Waals surface area contributed by atoms with Gasteiger partial charge < -0.3 is 0 Å². The molecule has 0 bridgehead atoms. The molecule has 0 heteroatoms. The molecule has 0 saturated carbocycles. The standard InChI is InChI=1S/C23H22/c1-22(2)13-17-16-11-14-7-5-8-15(14)12-20(16)23(3,4)19-10-6-9-18(22)21(17)19/h5-6,8-13H,7H2,1-4H3. The van der Waals surface area contributed by atoms with Crippen LogP contribution in [-0.4, -0.2) is 0 Å². The molecule has 3 aliphatic carbocycles. The Morgan fingerprint density at radius 3 is 2.52 bits per heavy atom. The maximum atomic E-state index is 2.49. The van der Waals surface area contributed by atoms with Gasteiger partial charge in [0.05, 0.1) is 0 Å². The van der Waals surface area contributed by atoms with Gasteiger partial charge in [0.25, 0.3) is 0 Å². The van der Waals surface area contributed by atoms with Crippen LogP contribution in [0.3, 0.4) is 0 Å². The fraction of sp³-hybridized carbons (Fsp3) is 0.304. The van der Waals surface area contributed by atoms with Crippen molar-refractivity contribution in [2.75, 3.05) is 0 Å². The molecule has 0 radical (unpaired) electrons. The lowest BCUT2D eigenvalue weighted by Gasteiger charge is -2.37. The Bertz CT molecular complexity index is 933. The first-order valence-corrected chi connectivity index (χ1v) is 8.61. The highest BCUT2D eigenvalue weighted by molar-refractivity contribution is 5.94. The van der Waals surface area contributed by atoms with Crippen molar-refractivity contribution in [1.82, 2.24) is 0 Å². The molecular formula is C23H22. The molecule has 0 fully saturated rings. The highest BCUT2D eigenvalue weighted by Gasteiger charge is 2.42. The monoisotopic (exact) mass is 298 g/mol. The van der Waals surface area contributed by atoms with Gasteiger partial charge in [-0.2, -0.15) is 0 Å². The van der Waals surface area contributed by atoms with Crippen molar-refractivity contribution in [3.8, 4) is 0 Å². The van der Waals surface area contributed by atoms with Gasteiger partial charge in [-0.3, -0.25) is 0 Å². The van der Waals surface area contributed by atoms with Crippen molar-refractivity contribution >= 4 is 11.6 Å². The number of hydrogen-bond donors (Lipinski definition) is 0. The number of benzene rings is 2. The Morgan fingerprint density at radius 1 is 0.913 bits per heavy atom. The van der Waals surface area contributed by atoms with Gasteiger partial charge >= 0.3 is 0 Å². The minimum Gasteiger partial charge on any atom is -0.0795 e. The zero-order valence-electron chi connectivity index (χ0n) is 14.3. The summed E-state index contributed by atoms with van der Waals surface area (Å²) in [4.78, 5) is 0. The molecule has 5 rings (SSSR count). The Labute approximate surface area is 138 Å². The van der Waals surface area contributed by atoms with E-state index in [1.807, 2.05) is 0 Å². The maximum absolute atomic E-state index is 2.49. The lowest BCUT2D eigenvalue weighted by atomic mass is 9.66. The molecule has 0 N–H and O–H groups in total. The lowest BCUT2D eigenvalue weighted by molar-refractivity contribution is 0.625. The summed E-state index contributed by atoms with van der Waals surface area (Å²) in [6.45, 7) is 9.45. The van der Waals surface area contributed by atoms with E-state index >= 15 is 0 Å². The van der Waals surface area contributed by atoms with E-state index in [-0.39, 0.29) is 10.8 Å². The second-order valence-corrected chi connectivity index (χ2v) is 8.34. The molecule has 3 aliphatic rings. The molecule has 2 aromatic carbocycles. The largest absolute Gasteiger partial charge is 0.0795 e. The predicted molar refractivity (Wildman–Crippen MR) is 97.9 cm³/mol. The zero-order valence-corrected chi connectivity index (χ0v) is 14.3. The van der Waals surface area contributed by atoms with Crippen LogP contribution in [0.15, 0.2) is 42.5 Å². The van der Waals surface area contributed by atoms with Crippen molar-refractivity contribution in [2.45, 2.75) is 44.9 Å². The van der Waals surface area contributed by atoms with E-state index < -0.39 is 0 Å². The summed E-state index contributed by atoms with van der Waals surface area (Å²) in [6.07, 6.45) is 8.14. The molecule has 0 unspecified atom stereocenters. The molecule has 0 aromatic heterocycles. The van der Waals surface area contributed by atoms with Crippen molar-refractivity contribution in [3.63, 3.8) is 0 Å². The average Bonchev–Trinajstić information content (AvgIpc) is 3.07. The topological polar surface area (TPSA) is 0 Å². The summed E-state index contributed by atoms with van der Waals surface area (Å²) in [7, 11) is 0.